The van der Waals surface area contributed by atoms with E-state index in [0.717, 1.165) is 4.88 Å². The van der Waals surface area contributed by atoms with Gasteiger partial charge in [0.2, 0.25) is 0 Å². The molecule has 0 amide bonds. The van der Waals surface area contributed by atoms with Crippen molar-refractivity contribution in [3.05, 3.63) is 39.5 Å². The summed E-state index contributed by atoms with van der Waals surface area (Å²) in [6, 6.07) is 3.28. The first-order valence-electron chi connectivity index (χ1n) is 3.93. The number of hydrogen-bond acceptors (Lipinski definition) is 6. The van der Waals surface area contributed by atoms with Gasteiger partial charge in [-0.3, -0.25) is 15.1 Å². The second-order valence-corrected chi connectivity index (χ2v) is 3.84. The lowest BCUT2D eigenvalue weighted by atomic mass is 10.4. The zero-order chi connectivity index (χ0) is 9.97. The highest BCUT2D eigenvalue weighted by Gasteiger charge is 2.11. The van der Waals surface area contributed by atoms with E-state index >= 15 is 0 Å². The molecule has 0 atom stereocenters. The fourth-order valence-electron chi connectivity index (χ4n) is 1.09. The molecule has 0 radical (unpaired) electrons. The predicted octanol–water partition coefficient (Wildman–Crippen LogP) is 0.952. The maximum absolute atomic E-state index is 10.4. The zero-order valence-corrected chi connectivity index (χ0v) is 7.95. The van der Waals surface area contributed by atoms with E-state index in [1.54, 1.807) is 17.3 Å². The summed E-state index contributed by atoms with van der Waals surface area (Å²) in [5, 5.41) is 12.4. The molecular weight excluding hydrogens is 204 g/mol. The van der Waals surface area contributed by atoms with Crippen LogP contribution in [0, 0.1) is 10.1 Å². The quantitative estimate of drug-likeness (QED) is 0.576. The van der Waals surface area contributed by atoms with Gasteiger partial charge in [-0.25, -0.2) is 0 Å². The minimum atomic E-state index is -0.375. The van der Waals surface area contributed by atoms with Crippen LogP contribution < -0.4 is 11.0 Å². The molecule has 2 N–H and O–H groups in total. The van der Waals surface area contributed by atoms with E-state index in [1.165, 1.54) is 17.4 Å². The van der Waals surface area contributed by atoms with Gasteiger partial charge in [0.25, 0.3) is 0 Å². The Labute approximate surface area is 83.9 Å². The highest BCUT2D eigenvalue weighted by Crippen LogP contribution is 2.24. The van der Waals surface area contributed by atoms with Crippen molar-refractivity contribution in [1.82, 2.24) is 16.0 Å². The summed E-state index contributed by atoms with van der Waals surface area (Å²) in [6.07, 6.45) is 3.58. The average Bonchev–Trinajstić information content (AvgIpc) is 2.75. The van der Waals surface area contributed by atoms with E-state index in [2.05, 4.69) is 11.0 Å². The molecule has 1 aromatic rings. The molecule has 14 heavy (non-hydrogen) atoms. The van der Waals surface area contributed by atoms with E-state index in [1.807, 2.05) is 6.20 Å². The van der Waals surface area contributed by atoms with E-state index in [9.17, 15) is 10.1 Å². The maximum atomic E-state index is 10.4. The van der Waals surface area contributed by atoms with E-state index < -0.39 is 0 Å². The Morgan fingerprint density at radius 1 is 1.57 bits per heavy atom. The van der Waals surface area contributed by atoms with Crippen molar-refractivity contribution in [2.75, 3.05) is 0 Å². The normalized spacial score (nSPS) is 14.4. The van der Waals surface area contributed by atoms with Gasteiger partial charge in [-0.05, 0) is 6.07 Å². The number of nitrogens with zero attached hydrogens (tertiary/aromatic N) is 2. The number of rotatable bonds is 3. The molecular formula is C7H8N4O2S. The molecule has 0 saturated heterocycles. The van der Waals surface area contributed by atoms with Gasteiger partial charge in [0.15, 0.2) is 0 Å². The van der Waals surface area contributed by atoms with Crippen molar-refractivity contribution in [2.24, 2.45) is 0 Å². The van der Waals surface area contributed by atoms with Crippen LogP contribution in [0.5, 0.6) is 0 Å². The number of thiophene rings is 1. The average molecular weight is 212 g/mol. The van der Waals surface area contributed by atoms with E-state index in [4.69, 9.17) is 0 Å². The van der Waals surface area contributed by atoms with Gasteiger partial charge < -0.3 is 5.43 Å². The third-order valence-electron chi connectivity index (χ3n) is 1.70. The summed E-state index contributed by atoms with van der Waals surface area (Å²) >= 11 is 1.19. The molecule has 0 spiro atoms. The number of nitrogens with one attached hydrogen (secondary N) is 2. The van der Waals surface area contributed by atoms with Crippen LogP contribution >= 0.6 is 11.3 Å². The predicted molar refractivity (Wildman–Crippen MR) is 51.9 cm³/mol. The van der Waals surface area contributed by atoms with Crippen LogP contribution in [-0.4, -0.2) is 9.93 Å². The van der Waals surface area contributed by atoms with Crippen molar-refractivity contribution in [2.45, 2.75) is 6.54 Å². The zero-order valence-electron chi connectivity index (χ0n) is 7.14. The number of hydrogen-bond donors (Lipinski definition) is 2. The molecule has 0 saturated carbocycles. The van der Waals surface area contributed by atoms with Crippen molar-refractivity contribution >= 4 is 16.3 Å². The van der Waals surface area contributed by atoms with Crippen molar-refractivity contribution in [3.63, 3.8) is 0 Å². The summed E-state index contributed by atoms with van der Waals surface area (Å²) in [4.78, 5) is 11.0. The van der Waals surface area contributed by atoms with Crippen molar-refractivity contribution in [1.29, 1.82) is 0 Å². The van der Waals surface area contributed by atoms with Crippen LogP contribution in [0.2, 0.25) is 0 Å². The Hall–Kier alpha value is -1.60. The second kappa shape index (κ2) is 3.64. The SMILES string of the molecule is O=[N+]([O-])c1ccc(CN2C=CNN2)s1. The van der Waals surface area contributed by atoms with Crippen LogP contribution in [0.3, 0.4) is 0 Å². The van der Waals surface area contributed by atoms with Gasteiger partial charge in [0.05, 0.1) is 11.5 Å². The first-order chi connectivity index (χ1) is 6.75. The molecule has 1 aliphatic heterocycles. The molecule has 6 nitrogen and oxygen atoms in total. The van der Waals surface area contributed by atoms with Gasteiger partial charge in [-0.15, -0.1) is 5.53 Å². The lowest BCUT2D eigenvalue weighted by molar-refractivity contribution is -0.380. The fraction of sp³-hybridized carbons (Fsp3) is 0.143. The maximum Gasteiger partial charge on any atom is 0.324 e. The molecule has 0 aliphatic carbocycles. The highest BCUT2D eigenvalue weighted by molar-refractivity contribution is 7.15. The summed E-state index contributed by atoms with van der Waals surface area (Å²) in [6.45, 7) is 0.613. The monoisotopic (exact) mass is 212 g/mol. The Morgan fingerprint density at radius 2 is 2.43 bits per heavy atom. The summed E-state index contributed by atoms with van der Waals surface area (Å²) in [5.74, 6) is 0. The Kier molecular flexibility index (Phi) is 2.33. The largest absolute Gasteiger partial charge is 0.324 e. The second-order valence-electron chi connectivity index (χ2n) is 2.70. The third kappa shape index (κ3) is 1.83. The van der Waals surface area contributed by atoms with Crippen LogP contribution in [0.15, 0.2) is 24.5 Å². The minimum Gasteiger partial charge on any atom is -0.310 e. The molecule has 0 bridgehead atoms. The van der Waals surface area contributed by atoms with E-state index in [0.29, 0.717) is 6.54 Å². The molecule has 0 unspecified atom stereocenters. The van der Waals surface area contributed by atoms with Gasteiger partial charge in [-0.1, -0.05) is 11.3 Å². The topological polar surface area (TPSA) is 70.4 Å². The standard InChI is InChI=1S/C7H8N4O2S/c12-11(13)7-2-1-6(14-7)5-10-4-3-8-9-10/h1-4,8-9H,5H2. The smallest absolute Gasteiger partial charge is 0.310 e. The lowest BCUT2D eigenvalue weighted by Gasteiger charge is -2.13. The van der Waals surface area contributed by atoms with Gasteiger partial charge in [-0.2, -0.15) is 0 Å². The van der Waals surface area contributed by atoms with Crippen LogP contribution in [0.25, 0.3) is 0 Å². The number of nitro groups is 1. The Balaban J connectivity index is 2.02. The molecule has 0 fully saturated rings. The first kappa shape index (κ1) is 8.97. The molecule has 2 rings (SSSR count). The first-order valence-corrected chi connectivity index (χ1v) is 4.75. The molecule has 7 heteroatoms. The number of hydrazine groups is 2. The molecule has 0 aromatic carbocycles. The summed E-state index contributed by atoms with van der Waals surface area (Å²) in [5.41, 5.74) is 5.64. The van der Waals surface area contributed by atoms with Gasteiger partial charge in [0.1, 0.15) is 0 Å². The van der Waals surface area contributed by atoms with Crippen LogP contribution in [-0.2, 0) is 6.54 Å². The summed E-state index contributed by atoms with van der Waals surface area (Å²) < 4.78 is 0. The van der Waals surface area contributed by atoms with E-state index in [-0.39, 0.29) is 9.92 Å². The molecule has 2 heterocycles. The summed E-state index contributed by atoms with van der Waals surface area (Å²) in [7, 11) is 0. The van der Waals surface area contributed by atoms with Crippen molar-refractivity contribution in [3.8, 4) is 0 Å². The third-order valence-corrected chi connectivity index (χ3v) is 2.72. The highest BCUT2D eigenvalue weighted by atomic mass is 32.1. The molecule has 1 aliphatic rings. The fourth-order valence-corrected chi connectivity index (χ4v) is 1.91. The molecule has 1 aromatic heterocycles. The Bertz CT molecular complexity index is 376. The Morgan fingerprint density at radius 3 is 3.00 bits per heavy atom. The van der Waals surface area contributed by atoms with Crippen LogP contribution in [0.1, 0.15) is 4.88 Å². The van der Waals surface area contributed by atoms with Crippen molar-refractivity contribution < 1.29 is 4.92 Å². The van der Waals surface area contributed by atoms with Gasteiger partial charge >= 0.3 is 5.00 Å². The minimum absolute atomic E-state index is 0.177. The van der Waals surface area contributed by atoms with Gasteiger partial charge in [0, 0.05) is 23.3 Å². The van der Waals surface area contributed by atoms with Crippen LogP contribution in [0.4, 0.5) is 5.00 Å². The molecule has 74 valence electrons. The lowest BCUT2D eigenvalue weighted by Crippen LogP contribution is -2.34.